The average Bonchev–Trinajstić information content (AvgIpc) is 3.20. The molecule has 1 aromatic carbocycles. The number of rotatable bonds is 6. The lowest BCUT2D eigenvalue weighted by Gasteiger charge is -2.08. The molecule has 1 unspecified atom stereocenters. The Hall–Kier alpha value is -1.36. The van der Waals surface area contributed by atoms with Crippen molar-refractivity contribution in [3.05, 3.63) is 27.4 Å². The summed E-state index contributed by atoms with van der Waals surface area (Å²) in [6, 6.07) is 3.59. The Bertz CT molecular complexity index is 864. The largest absolute Gasteiger partial charge is 0.506 e. The number of hydrogen-bond donors (Lipinski definition) is 4. The lowest BCUT2D eigenvalue weighted by atomic mass is 10.1. The van der Waals surface area contributed by atoms with Crippen LogP contribution in [0.5, 0.6) is 5.75 Å². The monoisotopic (exact) mass is 444 g/mol. The molecule has 0 fully saturated rings. The molecular weight excluding hydrogens is 428 g/mol. The Morgan fingerprint density at radius 3 is 3.12 bits per heavy atom. The standard InChI is InChI=1S/C15H17BrN4O3S2/c16-5-11(22)19-14-18-9(7-24-14)6-17-4-3-8-1-2-10(21)12-13(8)25-15(23)20-12/h1-2,9,17,21H,3-7H2,(H,20,23)(H,18,19,22). The molecule has 2 aromatic rings. The Morgan fingerprint density at radius 1 is 1.48 bits per heavy atom. The van der Waals surface area contributed by atoms with E-state index in [0.29, 0.717) is 10.7 Å². The number of H-pyrrole nitrogens is 1. The maximum Gasteiger partial charge on any atom is 0.305 e. The van der Waals surface area contributed by atoms with Crippen LogP contribution in [0.3, 0.4) is 0 Å². The Balaban J connectivity index is 1.50. The van der Waals surface area contributed by atoms with E-state index in [1.54, 1.807) is 17.8 Å². The number of carbonyl (C=O) groups is 1. The summed E-state index contributed by atoms with van der Waals surface area (Å²) in [4.78, 5) is 29.8. The van der Waals surface area contributed by atoms with Crippen LogP contribution in [-0.2, 0) is 11.2 Å². The van der Waals surface area contributed by atoms with Crippen molar-refractivity contribution in [2.24, 2.45) is 4.99 Å². The zero-order chi connectivity index (χ0) is 17.8. The molecule has 0 spiro atoms. The molecular formula is C15H17BrN4O3S2. The second-order valence-corrected chi connectivity index (χ2v) is 8.05. The molecule has 0 saturated carbocycles. The number of phenolic OH excluding ortho intramolecular Hbond substituents is 1. The quantitative estimate of drug-likeness (QED) is 0.398. The number of aromatic hydroxyl groups is 1. The molecule has 1 aliphatic heterocycles. The van der Waals surface area contributed by atoms with Gasteiger partial charge in [0.05, 0.1) is 16.1 Å². The highest BCUT2D eigenvalue weighted by Gasteiger charge is 2.19. The molecule has 0 aliphatic carbocycles. The van der Waals surface area contributed by atoms with Crippen molar-refractivity contribution in [1.82, 2.24) is 15.6 Å². The van der Waals surface area contributed by atoms with Gasteiger partial charge in [0.1, 0.15) is 11.3 Å². The second kappa shape index (κ2) is 8.35. The summed E-state index contributed by atoms with van der Waals surface area (Å²) in [7, 11) is 0. The predicted octanol–water partition coefficient (Wildman–Crippen LogP) is 1.41. The number of carbonyl (C=O) groups excluding carboxylic acids is 1. The fourth-order valence-electron chi connectivity index (χ4n) is 2.50. The molecule has 0 bridgehead atoms. The van der Waals surface area contributed by atoms with E-state index < -0.39 is 0 Å². The number of aromatic nitrogens is 1. The number of nitrogens with one attached hydrogen (secondary N) is 3. The molecule has 0 saturated heterocycles. The number of aromatic amines is 1. The minimum absolute atomic E-state index is 0.0956. The van der Waals surface area contributed by atoms with Crippen molar-refractivity contribution in [3.63, 3.8) is 0 Å². The first-order valence-corrected chi connectivity index (χ1v) is 10.6. The smallest absolute Gasteiger partial charge is 0.305 e. The number of aliphatic imine (C=N–C) groups is 1. The van der Waals surface area contributed by atoms with Gasteiger partial charge >= 0.3 is 4.87 Å². The molecule has 1 aliphatic rings. The van der Waals surface area contributed by atoms with Crippen molar-refractivity contribution in [1.29, 1.82) is 0 Å². The van der Waals surface area contributed by atoms with Crippen LogP contribution in [0.1, 0.15) is 5.56 Å². The van der Waals surface area contributed by atoms with Gasteiger partial charge in [-0.2, -0.15) is 0 Å². The van der Waals surface area contributed by atoms with Crippen LogP contribution in [0.25, 0.3) is 10.2 Å². The van der Waals surface area contributed by atoms with E-state index in [1.807, 2.05) is 6.07 Å². The number of amidine groups is 1. The second-order valence-electron chi connectivity index (χ2n) is 5.50. The number of phenols is 1. The molecule has 134 valence electrons. The van der Waals surface area contributed by atoms with Crippen LogP contribution in [0, 0.1) is 0 Å². The number of thiazole rings is 1. The van der Waals surface area contributed by atoms with E-state index in [-0.39, 0.29) is 27.9 Å². The maximum atomic E-state index is 11.5. The highest BCUT2D eigenvalue weighted by atomic mass is 79.9. The van der Waals surface area contributed by atoms with E-state index in [2.05, 4.69) is 36.5 Å². The van der Waals surface area contributed by atoms with E-state index >= 15 is 0 Å². The summed E-state index contributed by atoms with van der Waals surface area (Å²) in [5.41, 5.74) is 1.54. The molecule has 1 aromatic heterocycles. The first-order valence-electron chi connectivity index (χ1n) is 7.67. The van der Waals surface area contributed by atoms with Crippen molar-refractivity contribution < 1.29 is 9.90 Å². The van der Waals surface area contributed by atoms with Crippen molar-refractivity contribution in [3.8, 4) is 5.75 Å². The van der Waals surface area contributed by atoms with Crippen LogP contribution < -0.4 is 15.5 Å². The van der Waals surface area contributed by atoms with Crippen molar-refractivity contribution in [2.75, 3.05) is 24.2 Å². The van der Waals surface area contributed by atoms with Crippen molar-refractivity contribution >= 4 is 60.3 Å². The summed E-state index contributed by atoms with van der Waals surface area (Å²) in [5.74, 6) is 0.843. The van der Waals surface area contributed by atoms with Crippen LogP contribution in [0.2, 0.25) is 0 Å². The van der Waals surface area contributed by atoms with Gasteiger partial charge in [0, 0.05) is 12.3 Å². The van der Waals surface area contributed by atoms with Gasteiger partial charge in [-0.3, -0.25) is 14.6 Å². The fraction of sp³-hybridized carbons (Fsp3) is 0.400. The number of hydrogen-bond acceptors (Lipinski definition) is 7. The molecule has 25 heavy (non-hydrogen) atoms. The minimum atomic E-state index is -0.166. The van der Waals surface area contributed by atoms with Crippen LogP contribution in [0.15, 0.2) is 21.9 Å². The average molecular weight is 445 g/mol. The molecule has 2 heterocycles. The first kappa shape index (κ1) is 18.4. The van der Waals surface area contributed by atoms with Gasteiger partial charge in [-0.1, -0.05) is 45.1 Å². The molecule has 1 atom stereocenters. The summed E-state index contributed by atoms with van der Waals surface area (Å²) >= 11 is 5.77. The van der Waals surface area contributed by atoms with Gasteiger partial charge < -0.3 is 20.7 Å². The lowest BCUT2D eigenvalue weighted by molar-refractivity contribution is -0.117. The molecule has 4 N–H and O–H groups in total. The zero-order valence-corrected chi connectivity index (χ0v) is 16.4. The Morgan fingerprint density at radius 2 is 2.32 bits per heavy atom. The lowest BCUT2D eigenvalue weighted by Crippen LogP contribution is -2.29. The highest BCUT2D eigenvalue weighted by molar-refractivity contribution is 9.09. The van der Waals surface area contributed by atoms with Gasteiger partial charge in [0.25, 0.3) is 0 Å². The minimum Gasteiger partial charge on any atom is -0.506 e. The summed E-state index contributed by atoms with van der Waals surface area (Å²) in [5, 5.41) is 16.8. The van der Waals surface area contributed by atoms with E-state index in [0.717, 1.165) is 46.9 Å². The van der Waals surface area contributed by atoms with Gasteiger partial charge in [0.2, 0.25) is 5.91 Å². The summed E-state index contributed by atoms with van der Waals surface area (Å²) < 4.78 is 0.806. The number of thioether (sulfide) groups is 1. The topological polar surface area (TPSA) is 107 Å². The number of benzene rings is 1. The summed E-state index contributed by atoms with van der Waals surface area (Å²) in [6.07, 6.45) is 0.751. The number of halogens is 1. The van der Waals surface area contributed by atoms with Crippen LogP contribution >= 0.6 is 39.0 Å². The number of alkyl halides is 1. The highest BCUT2D eigenvalue weighted by Crippen LogP contribution is 2.27. The molecule has 7 nitrogen and oxygen atoms in total. The van der Waals surface area contributed by atoms with Crippen LogP contribution in [-0.4, -0.2) is 51.4 Å². The zero-order valence-electron chi connectivity index (χ0n) is 13.2. The van der Waals surface area contributed by atoms with Gasteiger partial charge in [-0.05, 0) is 24.6 Å². The van der Waals surface area contributed by atoms with Gasteiger partial charge in [-0.25, -0.2) is 0 Å². The van der Waals surface area contributed by atoms with Gasteiger partial charge in [0.15, 0.2) is 5.17 Å². The molecule has 0 radical (unpaired) electrons. The normalized spacial score (nSPS) is 17.0. The SMILES string of the molecule is O=C(CBr)NC1=NC(CNCCc2ccc(O)c3[nH]c(=O)sc23)CS1. The van der Waals surface area contributed by atoms with E-state index in [9.17, 15) is 14.7 Å². The fourth-order valence-corrected chi connectivity index (χ4v) is 4.49. The van der Waals surface area contributed by atoms with Crippen LogP contribution in [0.4, 0.5) is 0 Å². The third kappa shape index (κ3) is 4.63. The molecule has 1 amide bonds. The molecule has 10 heteroatoms. The molecule has 3 rings (SSSR count). The third-order valence-corrected chi connectivity index (χ3v) is 6.17. The number of amides is 1. The van der Waals surface area contributed by atoms with Gasteiger partial charge in [-0.15, -0.1) is 0 Å². The van der Waals surface area contributed by atoms with E-state index in [4.69, 9.17) is 0 Å². The Labute approximate surface area is 160 Å². The van der Waals surface area contributed by atoms with Crippen molar-refractivity contribution in [2.45, 2.75) is 12.5 Å². The number of nitrogens with zero attached hydrogens (tertiary/aromatic N) is 1. The number of fused-ring (bicyclic) bond motifs is 1. The predicted molar refractivity (Wildman–Crippen MR) is 106 cm³/mol. The third-order valence-electron chi connectivity index (χ3n) is 3.67. The maximum absolute atomic E-state index is 11.5. The first-order chi connectivity index (χ1) is 12.1. The Kier molecular flexibility index (Phi) is 6.15. The van der Waals surface area contributed by atoms with E-state index in [1.165, 1.54) is 0 Å². The summed E-state index contributed by atoms with van der Waals surface area (Å²) in [6.45, 7) is 1.47.